The van der Waals surface area contributed by atoms with Crippen LogP contribution in [0.15, 0.2) is 18.2 Å². The summed E-state index contributed by atoms with van der Waals surface area (Å²) in [4.78, 5) is 50.3. The number of hydrogen-bond donors (Lipinski definition) is 2. The molecule has 34 heavy (non-hydrogen) atoms. The van der Waals surface area contributed by atoms with Crippen molar-refractivity contribution in [2.45, 2.75) is 50.8 Å². The Labute approximate surface area is 202 Å². The third kappa shape index (κ3) is 4.58. The number of nitrogens with zero attached hydrogens (tertiary/aromatic N) is 1. The number of nitrogens with one attached hydrogen (secondary N) is 2. The van der Waals surface area contributed by atoms with Crippen molar-refractivity contribution in [2.75, 3.05) is 31.3 Å². The van der Waals surface area contributed by atoms with Crippen LogP contribution in [-0.2, 0) is 14.3 Å². The van der Waals surface area contributed by atoms with Crippen LogP contribution in [0.2, 0.25) is 0 Å². The summed E-state index contributed by atoms with van der Waals surface area (Å²) >= 11 is 1.96. The molecule has 3 heterocycles. The van der Waals surface area contributed by atoms with Crippen molar-refractivity contribution in [3.05, 3.63) is 29.3 Å². The summed E-state index contributed by atoms with van der Waals surface area (Å²) in [6.07, 6.45) is 2.09. The molecule has 4 aliphatic rings. The molecule has 1 aliphatic carbocycles. The second-order valence-corrected chi connectivity index (χ2v) is 11.0. The van der Waals surface area contributed by atoms with Gasteiger partial charge in [-0.05, 0) is 37.5 Å². The second kappa shape index (κ2) is 9.31. The lowest BCUT2D eigenvalue weighted by Crippen LogP contribution is -2.54. The maximum Gasteiger partial charge on any atom is 0.262 e. The van der Waals surface area contributed by atoms with Crippen LogP contribution in [0.1, 0.15) is 53.3 Å². The summed E-state index contributed by atoms with van der Waals surface area (Å²) in [5.74, 6) is 0.714. The first-order valence-corrected chi connectivity index (χ1v) is 12.9. The van der Waals surface area contributed by atoms with Crippen molar-refractivity contribution in [1.29, 1.82) is 0 Å². The van der Waals surface area contributed by atoms with Crippen LogP contribution in [0.5, 0.6) is 5.75 Å². The molecule has 1 aromatic carbocycles. The summed E-state index contributed by atoms with van der Waals surface area (Å²) in [6, 6.07) is 4.32. The summed E-state index contributed by atoms with van der Waals surface area (Å²) < 4.78 is 11.3. The summed E-state index contributed by atoms with van der Waals surface area (Å²) in [5, 5.41) is 5.76. The number of fused-ring (bicyclic) bond motifs is 1. The number of carbonyl (C=O) groups is 4. The first-order chi connectivity index (χ1) is 16.3. The summed E-state index contributed by atoms with van der Waals surface area (Å²) in [7, 11) is 0. The van der Waals surface area contributed by atoms with Crippen LogP contribution in [-0.4, -0.2) is 78.0 Å². The predicted molar refractivity (Wildman–Crippen MR) is 125 cm³/mol. The van der Waals surface area contributed by atoms with E-state index in [9.17, 15) is 19.2 Å². The first-order valence-electron chi connectivity index (χ1n) is 11.7. The Kier molecular flexibility index (Phi) is 6.39. The number of benzene rings is 1. The number of amides is 4. The second-order valence-electron chi connectivity index (χ2n) is 9.87. The van der Waals surface area contributed by atoms with Crippen molar-refractivity contribution in [2.24, 2.45) is 5.41 Å². The van der Waals surface area contributed by atoms with Crippen LogP contribution < -0.4 is 15.4 Å². The van der Waals surface area contributed by atoms with Gasteiger partial charge in [-0.2, -0.15) is 11.8 Å². The Morgan fingerprint density at radius 3 is 2.65 bits per heavy atom. The average molecular weight is 488 g/mol. The van der Waals surface area contributed by atoms with Gasteiger partial charge in [-0.3, -0.25) is 29.4 Å². The fraction of sp³-hybridized carbons (Fsp3) is 0.583. The molecule has 2 N–H and O–H groups in total. The third-order valence-corrected chi connectivity index (χ3v) is 8.23. The van der Waals surface area contributed by atoms with E-state index in [4.69, 9.17) is 9.47 Å². The van der Waals surface area contributed by atoms with Gasteiger partial charge in [0.25, 0.3) is 11.8 Å². The SMILES string of the molecule is CC1(CSCCNC2CC(Oc3ccc4c(c3)C(=O)N(C3CCC(=O)NC3=O)C4=O)C2)COC1. The Bertz CT molecular complexity index is 1020. The molecule has 1 aromatic rings. The fourth-order valence-electron chi connectivity index (χ4n) is 4.73. The number of imide groups is 2. The normalized spacial score (nSPS) is 27.7. The van der Waals surface area contributed by atoms with Crippen LogP contribution >= 0.6 is 11.8 Å². The molecule has 0 radical (unpaired) electrons. The van der Waals surface area contributed by atoms with E-state index in [0.717, 1.165) is 49.0 Å². The van der Waals surface area contributed by atoms with Gasteiger partial charge in [0.1, 0.15) is 17.9 Å². The highest BCUT2D eigenvalue weighted by Gasteiger charge is 2.45. The highest BCUT2D eigenvalue weighted by atomic mass is 32.2. The first kappa shape index (κ1) is 23.3. The molecule has 2 saturated heterocycles. The van der Waals surface area contributed by atoms with Gasteiger partial charge in [-0.25, -0.2) is 0 Å². The lowest BCUT2D eigenvalue weighted by molar-refractivity contribution is -0.136. The minimum atomic E-state index is -0.962. The van der Waals surface area contributed by atoms with Gasteiger partial charge in [0.2, 0.25) is 11.8 Å². The van der Waals surface area contributed by atoms with Gasteiger partial charge in [0, 0.05) is 35.9 Å². The molecule has 182 valence electrons. The van der Waals surface area contributed by atoms with E-state index in [-0.39, 0.29) is 30.1 Å². The van der Waals surface area contributed by atoms with Crippen molar-refractivity contribution in [1.82, 2.24) is 15.5 Å². The molecule has 4 amide bonds. The number of thioether (sulfide) groups is 1. The van der Waals surface area contributed by atoms with Gasteiger partial charge < -0.3 is 14.8 Å². The van der Waals surface area contributed by atoms with Crippen molar-refractivity contribution in [3.8, 4) is 5.75 Å². The largest absolute Gasteiger partial charge is 0.490 e. The molecule has 0 bridgehead atoms. The number of rotatable bonds is 9. The minimum Gasteiger partial charge on any atom is -0.490 e. The van der Waals surface area contributed by atoms with E-state index < -0.39 is 29.7 Å². The van der Waals surface area contributed by atoms with Crippen LogP contribution in [0.25, 0.3) is 0 Å². The van der Waals surface area contributed by atoms with Gasteiger partial charge in [-0.1, -0.05) is 6.92 Å². The van der Waals surface area contributed by atoms with Crippen LogP contribution in [0, 0.1) is 5.41 Å². The Morgan fingerprint density at radius 1 is 1.18 bits per heavy atom. The minimum absolute atomic E-state index is 0.0627. The maximum absolute atomic E-state index is 12.9. The standard InChI is InChI=1S/C24H29N3O6S/c1-24(11-32-12-24)13-34-7-6-25-14-8-16(9-14)33-15-2-3-17-18(10-15)23(31)27(22(17)30)19-4-5-20(28)26-21(19)29/h2-3,10,14,16,19,25H,4-9,11-13H2,1H3,(H,26,28,29). The molecule has 5 rings (SSSR count). The Morgan fingerprint density at radius 2 is 1.94 bits per heavy atom. The van der Waals surface area contributed by atoms with E-state index in [2.05, 4.69) is 17.6 Å². The van der Waals surface area contributed by atoms with Gasteiger partial charge in [0.15, 0.2) is 0 Å². The monoisotopic (exact) mass is 487 g/mol. The third-order valence-electron chi connectivity index (χ3n) is 6.84. The molecule has 0 aromatic heterocycles. The number of ether oxygens (including phenoxy) is 2. The van der Waals surface area contributed by atoms with Gasteiger partial charge >= 0.3 is 0 Å². The molecule has 1 saturated carbocycles. The molecule has 3 fully saturated rings. The molecular formula is C24H29N3O6S. The zero-order valence-corrected chi connectivity index (χ0v) is 19.9. The van der Waals surface area contributed by atoms with Crippen LogP contribution in [0.3, 0.4) is 0 Å². The smallest absolute Gasteiger partial charge is 0.262 e. The average Bonchev–Trinajstić information content (AvgIpc) is 3.00. The molecule has 10 heteroatoms. The summed E-state index contributed by atoms with van der Waals surface area (Å²) in [5.41, 5.74) is 0.847. The molecule has 0 spiro atoms. The molecule has 1 atom stereocenters. The molecule has 9 nitrogen and oxygen atoms in total. The van der Waals surface area contributed by atoms with Gasteiger partial charge in [-0.15, -0.1) is 0 Å². The number of hydrogen-bond acceptors (Lipinski definition) is 8. The van der Waals surface area contributed by atoms with E-state index in [1.807, 2.05) is 11.8 Å². The zero-order valence-electron chi connectivity index (χ0n) is 19.1. The maximum atomic E-state index is 12.9. The van der Waals surface area contributed by atoms with Crippen molar-refractivity contribution in [3.63, 3.8) is 0 Å². The quantitative estimate of drug-likeness (QED) is 0.397. The van der Waals surface area contributed by atoms with E-state index in [0.29, 0.717) is 17.2 Å². The molecule has 1 unspecified atom stereocenters. The van der Waals surface area contributed by atoms with E-state index in [1.165, 1.54) is 0 Å². The Hall–Kier alpha value is -2.43. The van der Waals surface area contributed by atoms with Gasteiger partial charge in [0.05, 0.1) is 24.3 Å². The van der Waals surface area contributed by atoms with Crippen molar-refractivity contribution >= 4 is 35.4 Å². The lowest BCUT2D eigenvalue weighted by Gasteiger charge is -2.38. The fourth-order valence-corrected chi connectivity index (χ4v) is 5.80. The molecular weight excluding hydrogens is 458 g/mol. The highest BCUT2D eigenvalue weighted by molar-refractivity contribution is 7.99. The number of piperidine rings is 1. The van der Waals surface area contributed by atoms with Crippen molar-refractivity contribution < 1.29 is 28.7 Å². The highest BCUT2D eigenvalue weighted by Crippen LogP contribution is 2.33. The van der Waals surface area contributed by atoms with E-state index >= 15 is 0 Å². The number of carbonyl (C=O) groups excluding carboxylic acids is 4. The van der Waals surface area contributed by atoms with Crippen LogP contribution in [0.4, 0.5) is 0 Å². The lowest BCUT2D eigenvalue weighted by atomic mass is 9.89. The molecule has 3 aliphatic heterocycles. The summed E-state index contributed by atoms with van der Waals surface area (Å²) in [6.45, 7) is 4.96. The van der Waals surface area contributed by atoms with E-state index in [1.54, 1.807) is 18.2 Å². The zero-order chi connectivity index (χ0) is 23.9. The predicted octanol–water partition coefficient (Wildman–Crippen LogP) is 1.36. The topological polar surface area (TPSA) is 114 Å². The Balaban J connectivity index is 1.09.